The van der Waals surface area contributed by atoms with Crippen LogP contribution in [0.5, 0.6) is 5.75 Å². The summed E-state index contributed by atoms with van der Waals surface area (Å²) in [6.07, 6.45) is 2.86. The van der Waals surface area contributed by atoms with Crippen LogP contribution < -0.4 is 10.1 Å². The van der Waals surface area contributed by atoms with Crippen LogP contribution >= 0.6 is 0 Å². The highest BCUT2D eigenvalue weighted by Crippen LogP contribution is 2.32. The Morgan fingerprint density at radius 1 is 1.43 bits per heavy atom. The molecule has 0 aromatic heterocycles. The molecule has 2 amide bonds. The number of piperidine rings is 1. The van der Waals surface area contributed by atoms with Gasteiger partial charge in [-0.15, -0.1) is 0 Å². The van der Waals surface area contributed by atoms with Crippen molar-refractivity contribution in [3.05, 3.63) is 36.4 Å². The number of methoxy groups -OCH3 is 1. The van der Waals surface area contributed by atoms with E-state index in [-0.39, 0.29) is 11.8 Å². The Bertz CT molecular complexity index is 627. The fourth-order valence-corrected chi connectivity index (χ4v) is 2.92. The van der Waals surface area contributed by atoms with Gasteiger partial charge in [-0.3, -0.25) is 9.59 Å². The molecule has 2 rings (SSSR count). The SMILES string of the molecule is C=CC(=O)N1CCCC(C)(C(=O)Nc2ccc(C)c(OC)c2)C1. The van der Waals surface area contributed by atoms with Gasteiger partial charge in [-0.25, -0.2) is 0 Å². The molecule has 1 unspecified atom stereocenters. The van der Waals surface area contributed by atoms with Crippen molar-refractivity contribution >= 4 is 17.5 Å². The van der Waals surface area contributed by atoms with Gasteiger partial charge in [-0.1, -0.05) is 12.6 Å². The lowest BCUT2D eigenvalue weighted by Crippen LogP contribution is -2.49. The van der Waals surface area contributed by atoms with Crippen molar-refractivity contribution in [1.82, 2.24) is 4.90 Å². The van der Waals surface area contributed by atoms with Crippen LogP contribution in [0.1, 0.15) is 25.3 Å². The smallest absolute Gasteiger partial charge is 0.245 e. The zero-order chi connectivity index (χ0) is 17.0. The van der Waals surface area contributed by atoms with Crippen LogP contribution in [0.4, 0.5) is 5.69 Å². The Balaban J connectivity index is 2.12. The van der Waals surface area contributed by atoms with Crippen LogP contribution in [-0.2, 0) is 9.59 Å². The quantitative estimate of drug-likeness (QED) is 0.869. The average Bonchev–Trinajstić information content (AvgIpc) is 2.55. The maximum Gasteiger partial charge on any atom is 0.245 e. The Hall–Kier alpha value is -2.30. The topological polar surface area (TPSA) is 58.6 Å². The molecule has 1 atom stereocenters. The normalized spacial score (nSPS) is 20.7. The summed E-state index contributed by atoms with van der Waals surface area (Å²) >= 11 is 0. The first kappa shape index (κ1) is 17.1. The van der Waals surface area contributed by atoms with Crippen molar-refractivity contribution in [3.8, 4) is 5.75 Å². The summed E-state index contributed by atoms with van der Waals surface area (Å²) in [6.45, 7) is 8.45. The number of benzene rings is 1. The predicted molar refractivity (Wildman–Crippen MR) is 90.5 cm³/mol. The minimum absolute atomic E-state index is 0.0787. The molecule has 23 heavy (non-hydrogen) atoms. The van der Waals surface area contributed by atoms with E-state index in [0.717, 1.165) is 24.2 Å². The van der Waals surface area contributed by atoms with E-state index in [1.807, 2.05) is 32.0 Å². The lowest BCUT2D eigenvalue weighted by molar-refractivity contribution is -0.134. The minimum atomic E-state index is -0.602. The number of amides is 2. The van der Waals surface area contributed by atoms with Crippen LogP contribution in [0.3, 0.4) is 0 Å². The molecule has 1 aliphatic heterocycles. The predicted octanol–water partition coefficient (Wildman–Crippen LogP) is 2.76. The maximum absolute atomic E-state index is 12.7. The minimum Gasteiger partial charge on any atom is -0.496 e. The van der Waals surface area contributed by atoms with Crippen LogP contribution in [-0.4, -0.2) is 36.9 Å². The monoisotopic (exact) mass is 316 g/mol. The second-order valence-electron chi connectivity index (χ2n) is 6.27. The van der Waals surface area contributed by atoms with Crippen molar-refractivity contribution in [2.45, 2.75) is 26.7 Å². The van der Waals surface area contributed by atoms with E-state index >= 15 is 0 Å². The van der Waals surface area contributed by atoms with Gasteiger partial charge in [0.1, 0.15) is 5.75 Å². The molecule has 1 saturated heterocycles. The highest BCUT2D eigenvalue weighted by molar-refractivity contribution is 5.96. The number of nitrogens with one attached hydrogen (secondary N) is 1. The first-order valence-electron chi connectivity index (χ1n) is 7.77. The summed E-state index contributed by atoms with van der Waals surface area (Å²) in [6, 6.07) is 5.58. The van der Waals surface area contributed by atoms with Gasteiger partial charge < -0.3 is 15.0 Å². The molecule has 0 spiro atoms. The molecule has 5 nitrogen and oxygen atoms in total. The van der Waals surface area contributed by atoms with E-state index in [1.54, 1.807) is 12.0 Å². The first-order valence-corrected chi connectivity index (χ1v) is 7.77. The Morgan fingerprint density at radius 3 is 2.83 bits per heavy atom. The summed E-state index contributed by atoms with van der Waals surface area (Å²) < 4.78 is 5.29. The molecule has 1 N–H and O–H groups in total. The highest BCUT2D eigenvalue weighted by Gasteiger charge is 2.38. The van der Waals surface area contributed by atoms with Gasteiger partial charge in [0, 0.05) is 24.8 Å². The van der Waals surface area contributed by atoms with E-state index in [9.17, 15) is 9.59 Å². The molecular formula is C18H24N2O3. The van der Waals surface area contributed by atoms with E-state index in [0.29, 0.717) is 18.8 Å². The number of likely N-dealkylation sites (tertiary alicyclic amines) is 1. The highest BCUT2D eigenvalue weighted by atomic mass is 16.5. The molecule has 0 aliphatic carbocycles. The van der Waals surface area contributed by atoms with Crippen molar-refractivity contribution in [2.75, 3.05) is 25.5 Å². The number of ether oxygens (including phenoxy) is 1. The van der Waals surface area contributed by atoms with Gasteiger partial charge in [0.15, 0.2) is 0 Å². The van der Waals surface area contributed by atoms with Crippen molar-refractivity contribution in [1.29, 1.82) is 0 Å². The molecule has 124 valence electrons. The van der Waals surface area contributed by atoms with E-state index < -0.39 is 5.41 Å². The number of anilines is 1. The van der Waals surface area contributed by atoms with Crippen molar-refractivity contribution in [2.24, 2.45) is 5.41 Å². The summed E-state index contributed by atoms with van der Waals surface area (Å²) in [4.78, 5) is 26.2. The summed E-state index contributed by atoms with van der Waals surface area (Å²) in [5.74, 6) is 0.533. The van der Waals surface area contributed by atoms with Gasteiger partial charge in [-0.2, -0.15) is 0 Å². The second kappa shape index (κ2) is 6.86. The number of hydrogen-bond acceptors (Lipinski definition) is 3. The van der Waals surface area contributed by atoms with Gasteiger partial charge in [0.25, 0.3) is 0 Å². The van der Waals surface area contributed by atoms with Crippen LogP contribution in [0.25, 0.3) is 0 Å². The molecule has 0 bridgehead atoms. The first-order chi connectivity index (χ1) is 10.9. The van der Waals surface area contributed by atoms with Gasteiger partial charge >= 0.3 is 0 Å². The molecule has 1 aromatic rings. The molecule has 0 radical (unpaired) electrons. The largest absolute Gasteiger partial charge is 0.496 e. The Morgan fingerprint density at radius 2 is 2.17 bits per heavy atom. The number of rotatable bonds is 4. The summed E-state index contributed by atoms with van der Waals surface area (Å²) in [7, 11) is 1.61. The Kier molecular flexibility index (Phi) is 5.08. The van der Waals surface area contributed by atoms with Crippen molar-refractivity contribution < 1.29 is 14.3 Å². The number of carbonyl (C=O) groups is 2. The molecular weight excluding hydrogens is 292 g/mol. The fourth-order valence-electron chi connectivity index (χ4n) is 2.92. The van der Waals surface area contributed by atoms with Crippen LogP contribution in [0.15, 0.2) is 30.9 Å². The molecule has 5 heteroatoms. The van der Waals surface area contributed by atoms with Crippen LogP contribution in [0.2, 0.25) is 0 Å². The van der Waals surface area contributed by atoms with Crippen molar-refractivity contribution in [3.63, 3.8) is 0 Å². The maximum atomic E-state index is 12.7. The standard InChI is InChI=1S/C18H24N2O3/c1-5-16(21)20-10-6-9-18(3,12-20)17(22)19-14-8-7-13(2)15(11-14)23-4/h5,7-8,11H,1,6,9-10,12H2,2-4H3,(H,19,22). The molecule has 1 heterocycles. The number of carbonyl (C=O) groups excluding carboxylic acids is 2. The lowest BCUT2D eigenvalue weighted by Gasteiger charge is -2.38. The third kappa shape index (κ3) is 3.73. The fraction of sp³-hybridized carbons (Fsp3) is 0.444. The molecule has 1 aliphatic rings. The van der Waals surface area contributed by atoms with E-state index in [1.165, 1.54) is 6.08 Å². The summed E-state index contributed by atoms with van der Waals surface area (Å²) in [5.41, 5.74) is 1.11. The average molecular weight is 316 g/mol. The van der Waals surface area contributed by atoms with Gasteiger partial charge in [0.05, 0.1) is 12.5 Å². The molecule has 1 fully saturated rings. The summed E-state index contributed by atoms with van der Waals surface area (Å²) in [5, 5.41) is 2.95. The van der Waals surface area contributed by atoms with E-state index in [2.05, 4.69) is 11.9 Å². The number of hydrogen-bond donors (Lipinski definition) is 1. The molecule has 0 saturated carbocycles. The Labute approximate surface area is 137 Å². The zero-order valence-corrected chi connectivity index (χ0v) is 14.0. The zero-order valence-electron chi connectivity index (χ0n) is 14.0. The number of nitrogens with zero attached hydrogens (tertiary/aromatic N) is 1. The van der Waals surface area contributed by atoms with Gasteiger partial charge in [0.2, 0.25) is 11.8 Å². The lowest BCUT2D eigenvalue weighted by atomic mass is 9.80. The van der Waals surface area contributed by atoms with Crippen LogP contribution in [0, 0.1) is 12.3 Å². The number of aryl methyl sites for hydroxylation is 1. The third-order valence-electron chi connectivity index (χ3n) is 4.40. The second-order valence-corrected chi connectivity index (χ2v) is 6.27. The third-order valence-corrected chi connectivity index (χ3v) is 4.40. The molecule has 1 aromatic carbocycles. The van der Waals surface area contributed by atoms with E-state index in [4.69, 9.17) is 4.74 Å². The van der Waals surface area contributed by atoms with Gasteiger partial charge in [-0.05, 0) is 44.4 Å².